The van der Waals surface area contributed by atoms with Gasteiger partial charge in [0.25, 0.3) is 0 Å². The third-order valence-electron chi connectivity index (χ3n) is 2.79. The lowest BCUT2D eigenvalue weighted by Crippen LogP contribution is -2.19. The average molecular weight is 271 g/mol. The van der Waals surface area contributed by atoms with Crippen molar-refractivity contribution in [1.82, 2.24) is 4.57 Å². The number of halogens is 3. The normalized spacial score (nSPS) is 11.8. The van der Waals surface area contributed by atoms with E-state index in [4.69, 9.17) is 5.11 Å². The first-order valence-electron chi connectivity index (χ1n) is 5.16. The van der Waals surface area contributed by atoms with E-state index < -0.39 is 23.3 Å². The van der Waals surface area contributed by atoms with Gasteiger partial charge in [-0.2, -0.15) is 13.2 Å². The van der Waals surface area contributed by atoms with E-state index in [2.05, 4.69) is 0 Å². The van der Waals surface area contributed by atoms with Crippen LogP contribution in [0.4, 0.5) is 13.2 Å². The molecule has 0 saturated heterocycles. The fraction of sp³-hybridized carbons (Fsp3) is 0.167. The first kappa shape index (κ1) is 13.1. The number of nitrogens with zero attached hydrogens (tertiary/aromatic N) is 1. The number of hydrogen-bond donors (Lipinski definition) is 1. The molecule has 100 valence electrons. The van der Waals surface area contributed by atoms with Gasteiger partial charge in [0, 0.05) is 18.5 Å². The second kappa shape index (κ2) is 4.11. The standard InChI is InChI=1S/C12H8F3NO3/c1-16-8-4-6(11(18)19)2-3-7(8)9(17)5-10(16)12(13,14)15/h2-5H,1H3,(H,18,19). The second-order valence-corrected chi connectivity index (χ2v) is 3.99. The minimum Gasteiger partial charge on any atom is -0.478 e. The molecular formula is C12H8F3NO3. The molecule has 0 aliphatic rings. The highest BCUT2D eigenvalue weighted by atomic mass is 19.4. The summed E-state index contributed by atoms with van der Waals surface area (Å²) in [6.07, 6.45) is -4.68. The van der Waals surface area contributed by atoms with Gasteiger partial charge < -0.3 is 9.67 Å². The molecule has 0 amide bonds. The van der Waals surface area contributed by atoms with Crippen LogP contribution in [0.2, 0.25) is 0 Å². The molecule has 4 nitrogen and oxygen atoms in total. The largest absolute Gasteiger partial charge is 0.478 e. The predicted octanol–water partition coefficient (Wildman–Crippen LogP) is 2.26. The molecule has 0 fully saturated rings. The molecule has 2 aromatic rings. The molecule has 0 saturated carbocycles. The molecule has 19 heavy (non-hydrogen) atoms. The van der Waals surface area contributed by atoms with Gasteiger partial charge in [-0.25, -0.2) is 4.79 Å². The van der Waals surface area contributed by atoms with Gasteiger partial charge in [0.15, 0.2) is 5.43 Å². The van der Waals surface area contributed by atoms with Gasteiger partial charge in [-0.1, -0.05) is 0 Å². The maximum atomic E-state index is 12.7. The van der Waals surface area contributed by atoms with E-state index in [1.807, 2.05) is 0 Å². The van der Waals surface area contributed by atoms with E-state index in [1.54, 1.807) is 0 Å². The Morgan fingerprint density at radius 3 is 2.42 bits per heavy atom. The number of pyridine rings is 1. The van der Waals surface area contributed by atoms with Crippen molar-refractivity contribution in [3.8, 4) is 0 Å². The Bertz CT molecular complexity index is 731. The smallest absolute Gasteiger partial charge is 0.431 e. The lowest BCUT2D eigenvalue weighted by molar-refractivity contribution is -0.143. The molecule has 1 N–H and O–H groups in total. The van der Waals surface area contributed by atoms with Gasteiger partial charge >= 0.3 is 12.1 Å². The quantitative estimate of drug-likeness (QED) is 0.865. The molecule has 2 rings (SSSR count). The summed E-state index contributed by atoms with van der Waals surface area (Å²) in [5.41, 5.74) is -2.16. The van der Waals surface area contributed by atoms with E-state index in [0.717, 1.165) is 17.7 Å². The Labute approximate surface area is 104 Å². The first-order chi connectivity index (χ1) is 8.71. The van der Waals surface area contributed by atoms with Crippen molar-refractivity contribution in [2.75, 3.05) is 0 Å². The minimum absolute atomic E-state index is 0.0421. The summed E-state index contributed by atoms with van der Waals surface area (Å²) in [6, 6.07) is 3.94. The van der Waals surface area contributed by atoms with Crippen molar-refractivity contribution in [1.29, 1.82) is 0 Å². The number of hydrogen-bond acceptors (Lipinski definition) is 2. The molecule has 7 heteroatoms. The number of aryl methyl sites for hydroxylation is 1. The van der Waals surface area contributed by atoms with Crippen molar-refractivity contribution in [3.05, 3.63) is 45.7 Å². The summed E-state index contributed by atoms with van der Waals surface area (Å²) in [4.78, 5) is 22.4. The predicted molar refractivity (Wildman–Crippen MR) is 61.2 cm³/mol. The Hall–Kier alpha value is -2.31. The van der Waals surface area contributed by atoms with Crippen molar-refractivity contribution in [2.24, 2.45) is 7.05 Å². The highest BCUT2D eigenvalue weighted by Crippen LogP contribution is 2.29. The van der Waals surface area contributed by atoms with E-state index in [9.17, 15) is 22.8 Å². The molecule has 1 aromatic carbocycles. The number of alkyl halides is 3. The number of carboxylic acid groups (broad SMARTS) is 1. The van der Waals surface area contributed by atoms with Gasteiger partial charge in [-0.3, -0.25) is 4.79 Å². The fourth-order valence-electron chi connectivity index (χ4n) is 1.85. The molecule has 0 radical (unpaired) electrons. The number of rotatable bonds is 1. The van der Waals surface area contributed by atoms with E-state index >= 15 is 0 Å². The molecule has 1 heterocycles. The van der Waals surface area contributed by atoms with Crippen LogP contribution < -0.4 is 5.43 Å². The molecule has 0 aliphatic carbocycles. The van der Waals surface area contributed by atoms with Crippen molar-refractivity contribution >= 4 is 16.9 Å². The van der Waals surface area contributed by atoms with Crippen LogP contribution in [0.15, 0.2) is 29.1 Å². The Morgan fingerprint density at radius 1 is 1.26 bits per heavy atom. The number of carboxylic acids is 1. The van der Waals surface area contributed by atoms with Gasteiger partial charge in [0.05, 0.1) is 11.1 Å². The summed E-state index contributed by atoms with van der Waals surface area (Å²) < 4.78 is 39.0. The van der Waals surface area contributed by atoms with Crippen LogP contribution in [-0.2, 0) is 13.2 Å². The SMILES string of the molecule is Cn1c(C(F)(F)F)cc(=O)c2ccc(C(=O)O)cc21. The number of aromatic carboxylic acids is 1. The summed E-state index contributed by atoms with van der Waals surface area (Å²) in [5, 5.41) is 8.87. The molecular weight excluding hydrogens is 263 g/mol. The van der Waals surface area contributed by atoms with Crippen LogP contribution in [0.1, 0.15) is 16.1 Å². The van der Waals surface area contributed by atoms with E-state index in [0.29, 0.717) is 6.07 Å². The van der Waals surface area contributed by atoms with Crippen LogP contribution in [0.3, 0.4) is 0 Å². The van der Waals surface area contributed by atoms with Crippen molar-refractivity contribution in [3.63, 3.8) is 0 Å². The van der Waals surface area contributed by atoms with E-state index in [1.165, 1.54) is 12.1 Å². The van der Waals surface area contributed by atoms with Gasteiger partial charge in [-0.05, 0) is 18.2 Å². The maximum absolute atomic E-state index is 12.7. The average Bonchev–Trinajstić information content (AvgIpc) is 2.31. The monoisotopic (exact) mass is 271 g/mol. The summed E-state index contributed by atoms with van der Waals surface area (Å²) >= 11 is 0. The number of aromatic nitrogens is 1. The maximum Gasteiger partial charge on any atom is 0.431 e. The molecule has 0 aliphatic heterocycles. The number of fused-ring (bicyclic) bond motifs is 1. The zero-order valence-corrected chi connectivity index (χ0v) is 9.65. The minimum atomic E-state index is -4.68. The lowest BCUT2D eigenvalue weighted by Gasteiger charge is -2.14. The summed E-state index contributed by atoms with van der Waals surface area (Å²) in [6.45, 7) is 0. The third-order valence-corrected chi connectivity index (χ3v) is 2.79. The highest BCUT2D eigenvalue weighted by Gasteiger charge is 2.34. The molecule has 0 bridgehead atoms. The van der Waals surface area contributed by atoms with Gasteiger partial charge in [-0.15, -0.1) is 0 Å². The van der Waals surface area contributed by atoms with Crippen molar-refractivity contribution in [2.45, 2.75) is 6.18 Å². The fourth-order valence-corrected chi connectivity index (χ4v) is 1.85. The van der Waals surface area contributed by atoms with Crippen LogP contribution in [-0.4, -0.2) is 15.6 Å². The van der Waals surface area contributed by atoms with E-state index in [-0.39, 0.29) is 16.5 Å². The zero-order valence-electron chi connectivity index (χ0n) is 9.65. The van der Waals surface area contributed by atoms with Crippen LogP contribution in [0.25, 0.3) is 10.9 Å². The Kier molecular flexibility index (Phi) is 2.84. The number of carbonyl (C=O) groups is 1. The van der Waals surface area contributed by atoms with Crippen LogP contribution in [0, 0.1) is 0 Å². The van der Waals surface area contributed by atoms with Gasteiger partial charge in [0.2, 0.25) is 0 Å². The first-order valence-corrected chi connectivity index (χ1v) is 5.16. The summed E-state index contributed by atoms with van der Waals surface area (Å²) in [7, 11) is 1.14. The third kappa shape index (κ3) is 2.18. The van der Waals surface area contributed by atoms with Crippen molar-refractivity contribution < 1.29 is 23.1 Å². The van der Waals surface area contributed by atoms with Crippen LogP contribution in [0.5, 0.6) is 0 Å². The highest BCUT2D eigenvalue weighted by molar-refractivity contribution is 5.93. The summed E-state index contributed by atoms with van der Waals surface area (Å²) in [5.74, 6) is -1.27. The van der Waals surface area contributed by atoms with Crippen LogP contribution >= 0.6 is 0 Å². The topological polar surface area (TPSA) is 59.3 Å². The molecule has 0 atom stereocenters. The van der Waals surface area contributed by atoms with Gasteiger partial charge in [0.1, 0.15) is 5.69 Å². The molecule has 0 unspecified atom stereocenters. The molecule has 1 aromatic heterocycles. The number of benzene rings is 1. The lowest BCUT2D eigenvalue weighted by atomic mass is 10.1. The second-order valence-electron chi connectivity index (χ2n) is 3.99. The Balaban J connectivity index is 2.89. The Morgan fingerprint density at radius 2 is 1.89 bits per heavy atom. The molecule has 0 spiro atoms. The zero-order chi connectivity index (χ0) is 14.4.